The van der Waals surface area contributed by atoms with Crippen LogP contribution in [0.3, 0.4) is 0 Å². The number of aromatic nitrogens is 1. The van der Waals surface area contributed by atoms with Gasteiger partial charge in [-0.15, -0.1) is 6.58 Å². The number of aliphatic hydroxyl groups is 1. The molecular weight excluding hydrogens is 303 g/mol. The highest BCUT2D eigenvalue weighted by atomic mass is 19.1. The van der Waals surface area contributed by atoms with Gasteiger partial charge in [0.25, 0.3) is 0 Å². The van der Waals surface area contributed by atoms with Crippen molar-refractivity contribution in [3.8, 4) is 0 Å². The third-order valence-corrected chi connectivity index (χ3v) is 4.09. The Hall–Kier alpha value is -1.91. The third-order valence-electron chi connectivity index (χ3n) is 4.09. The minimum atomic E-state index is -0.329. The molecule has 4 heteroatoms. The molecule has 1 heterocycles. The summed E-state index contributed by atoms with van der Waals surface area (Å²) in [5, 5.41) is 10.1. The van der Waals surface area contributed by atoms with Gasteiger partial charge in [-0.2, -0.15) is 0 Å². The second-order valence-electron chi connectivity index (χ2n) is 6.14. The Morgan fingerprint density at radius 1 is 1.29 bits per heavy atom. The quantitative estimate of drug-likeness (QED) is 0.671. The van der Waals surface area contributed by atoms with E-state index in [4.69, 9.17) is 0 Å². The highest BCUT2D eigenvalue weighted by Crippen LogP contribution is 2.14. The van der Waals surface area contributed by atoms with E-state index in [0.29, 0.717) is 31.7 Å². The van der Waals surface area contributed by atoms with E-state index in [1.807, 2.05) is 36.5 Å². The molecule has 1 aromatic carbocycles. The van der Waals surface area contributed by atoms with Crippen molar-refractivity contribution in [2.75, 3.05) is 13.1 Å². The molecule has 0 bridgehead atoms. The maximum absolute atomic E-state index is 13.9. The fourth-order valence-electron chi connectivity index (χ4n) is 2.90. The number of rotatable bonds is 10. The lowest BCUT2D eigenvalue weighted by Crippen LogP contribution is -2.33. The van der Waals surface area contributed by atoms with Crippen LogP contribution in [0.5, 0.6) is 0 Å². The van der Waals surface area contributed by atoms with Crippen LogP contribution in [0.15, 0.2) is 55.3 Å². The van der Waals surface area contributed by atoms with E-state index in [-0.39, 0.29) is 11.9 Å². The molecule has 0 amide bonds. The van der Waals surface area contributed by atoms with E-state index in [2.05, 4.69) is 23.0 Å². The fraction of sp³-hybridized carbons (Fsp3) is 0.400. The number of benzene rings is 1. The molecule has 0 saturated carbocycles. The van der Waals surface area contributed by atoms with E-state index < -0.39 is 0 Å². The number of aliphatic hydroxyl groups excluding tert-OH is 1. The summed E-state index contributed by atoms with van der Waals surface area (Å²) >= 11 is 0. The minimum Gasteiger partial charge on any atom is -0.392 e. The van der Waals surface area contributed by atoms with Crippen LogP contribution in [0, 0.1) is 5.82 Å². The molecule has 0 aliphatic rings. The Morgan fingerprint density at radius 3 is 2.79 bits per heavy atom. The zero-order valence-electron chi connectivity index (χ0n) is 14.4. The zero-order valence-corrected chi connectivity index (χ0v) is 14.4. The van der Waals surface area contributed by atoms with E-state index in [1.54, 1.807) is 6.07 Å². The Morgan fingerprint density at radius 2 is 2.08 bits per heavy atom. The SMILES string of the molecule is C=CCN(Cc1cccn1Cc1ccccc1F)CC(O)CCC. The van der Waals surface area contributed by atoms with Crippen LogP contribution in [0.2, 0.25) is 0 Å². The van der Waals surface area contributed by atoms with Crippen LogP contribution in [0.1, 0.15) is 31.0 Å². The van der Waals surface area contributed by atoms with E-state index in [9.17, 15) is 9.50 Å². The normalized spacial score (nSPS) is 12.5. The molecule has 0 radical (unpaired) electrons. The van der Waals surface area contributed by atoms with Gasteiger partial charge >= 0.3 is 0 Å². The highest BCUT2D eigenvalue weighted by molar-refractivity contribution is 5.19. The standard InChI is InChI=1S/C20H27FN2O/c1-3-8-19(24)16-22(12-4-2)15-18-10-7-13-23(18)14-17-9-5-6-11-20(17)21/h4-7,9-11,13,19,24H,2-3,8,12,14-16H2,1H3. The van der Waals surface area contributed by atoms with E-state index in [1.165, 1.54) is 6.07 Å². The predicted molar refractivity (Wildman–Crippen MR) is 96.3 cm³/mol. The molecule has 0 aliphatic heterocycles. The Bertz CT molecular complexity index is 638. The number of nitrogens with zero attached hydrogens (tertiary/aromatic N) is 2. The van der Waals surface area contributed by atoms with Crippen LogP contribution in [0.25, 0.3) is 0 Å². The van der Waals surface area contributed by atoms with Gasteiger partial charge in [0.05, 0.1) is 12.6 Å². The fourth-order valence-corrected chi connectivity index (χ4v) is 2.90. The molecular formula is C20H27FN2O. The smallest absolute Gasteiger partial charge is 0.128 e. The first-order chi connectivity index (χ1) is 11.6. The number of halogens is 1. The summed E-state index contributed by atoms with van der Waals surface area (Å²) in [5.41, 5.74) is 1.78. The molecule has 2 rings (SSSR count). The summed E-state index contributed by atoms with van der Waals surface area (Å²) in [4.78, 5) is 2.17. The van der Waals surface area contributed by atoms with Gasteiger partial charge in [0.15, 0.2) is 0 Å². The van der Waals surface area contributed by atoms with Gasteiger partial charge in [-0.25, -0.2) is 4.39 Å². The van der Waals surface area contributed by atoms with E-state index in [0.717, 1.165) is 18.5 Å². The van der Waals surface area contributed by atoms with Crippen molar-refractivity contribution < 1.29 is 9.50 Å². The monoisotopic (exact) mass is 330 g/mol. The lowest BCUT2D eigenvalue weighted by atomic mass is 10.2. The summed E-state index contributed by atoms with van der Waals surface area (Å²) < 4.78 is 15.9. The molecule has 1 N–H and O–H groups in total. The molecule has 0 fully saturated rings. The molecule has 0 spiro atoms. The van der Waals surface area contributed by atoms with Crippen molar-refractivity contribution in [1.29, 1.82) is 0 Å². The number of hydrogen-bond donors (Lipinski definition) is 1. The highest BCUT2D eigenvalue weighted by Gasteiger charge is 2.13. The van der Waals surface area contributed by atoms with Gasteiger partial charge in [0.1, 0.15) is 5.82 Å². The Balaban J connectivity index is 2.07. The first-order valence-corrected chi connectivity index (χ1v) is 8.52. The van der Waals surface area contributed by atoms with Crippen LogP contribution >= 0.6 is 0 Å². The minimum absolute atomic E-state index is 0.182. The van der Waals surface area contributed by atoms with Crippen LogP contribution in [-0.4, -0.2) is 33.8 Å². The summed E-state index contributed by atoms with van der Waals surface area (Å²) in [6, 6.07) is 10.9. The molecule has 24 heavy (non-hydrogen) atoms. The lowest BCUT2D eigenvalue weighted by molar-refractivity contribution is 0.106. The van der Waals surface area contributed by atoms with Gasteiger partial charge in [-0.05, 0) is 24.6 Å². The molecule has 0 aliphatic carbocycles. The Kier molecular flexibility index (Phi) is 7.22. The molecule has 1 aromatic heterocycles. The summed E-state index contributed by atoms with van der Waals surface area (Å²) in [6.45, 7) is 8.42. The van der Waals surface area contributed by atoms with Crippen molar-refractivity contribution >= 4 is 0 Å². The van der Waals surface area contributed by atoms with Crippen LogP contribution in [-0.2, 0) is 13.1 Å². The average molecular weight is 330 g/mol. The third kappa shape index (κ3) is 5.32. The van der Waals surface area contributed by atoms with Crippen molar-refractivity contribution in [3.05, 3.63) is 72.3 Å². The van der Waals surface area contributed by atoms with Crippen molar-refractivity contribution in [2.45, 2.75) is 39.0 Å². The topological polar surface area (TPSA) is 28.4 Å². The first-order valence-electron chi connectivity index (χ1n) is 8.52. The van der Waals surface area contributed by atoms with Crippen molar-refractivity contribution in [1.82, 2.24) is 9.47 Å². The average Bonchev–Trinajstić information content (AvgIpc) is 2.97. The molecule has 130 valence electrons. The molecule has 3 nitrogen and oxygen atoms in total. The van der Waals surface area contributed by atoms with Crippen LogP contribution < -0.4 is 0 Å². The Labute approximate surface area is 144 Å². The maximum Gasteiger partial charge on any atom is 0.128 e. The van der Waals surface area contributed by atoms with Gasteiger partial charge in [0.2, 0.25) is 0 Å². The largest absolute Gasteiger partial charge is 0.392 e. The lowest BCUT2D eigenvalue weighted by Gasteiger charge is -2.24. The van der Waals surface area contributed by atoms with Gasteiger partial charge in [0, 0.05) is 37.1 Å². The maximum atomic E-state index is 13.9. The van der Waals surface area contributed by atoms with E-state index >= 15 is 0 Å². The van der Waals surface area contributed by atoms with Gasteiger partial charge in [-0.1, -0.05) is 37.6 Å². The van der Waals surface area contributed by atoms with Crippen molar-refractivity contribution in [3.63, 3.8) is 0 Å². The second kappa shape index (κ2) is 9.40. The summed E-state index contributed by atoms with van der Waals surface area (Å²) in [5.74, 6) is -0.182. The van der Waals surface area contributed by atoms with Gasteiger partial charge in [-0.3, -0.25) is 4.90 Å². The predicted octanol–water partition coefficient (Wildman–Crippen LogP) is 3.82. The van der Waals surface area contributed by atoms with Crippen molar-refractivity contribution in [2.24, 2.45) is 0 Å². The molecule has 1 atom stereocenters. The zero-order chi connectivity index (χ0) is 17.4. The second-order valence-corrected chi connectivity index (χ2v) is 6.14. The van der Waals surface area contributed by atoms with Gasteiger partial charge < -0.3 is 9.67 Å². The summed E-state index contributed by atoms with van der Waals surface area (Å²) in [6.07, 6.45) is 5.25. The molecule has 0 saturated heterocycles. The van der Waals surface area contributed by atoms with Crippen LogP contribution in [0.4, 0.5) is 4.39 Å². The summed E-state index contributed by atoms with van der Waals surface area (Å²) in [7, 11) is 0. The molecule has 2 aromatic rings. The number of hydrogen-bond acceptors (Lipinski definition) is 2. The molecule has 1 unspecified atom stereocenters. The first kappa shape index (κ1) is 18.4.